The zero-order valence-corrected chi connectivity index (χ0v) is 10.3. The first-order chi connectivity index (χ1) is 7.90. The Balaban J connectivity index is 1.96. The molecule has 2 aromatic heterocycles. The number of hydrogen-bond acceptors (Lipinski definition) is 3. The van der Waals surface area contributed by atoms with E-state index >= 15 is 0 Å². The first kappa shape index (κ1) is 11.4. The zero-order chi connectivity index (χ0) is 11.2. The summed E-state index contributed by atoms with van der Waals surface area (Å²) in [5.41, 5.74) is 2.60. The third-order valence-corrected chi connectivity index (χ3v) is 3.20. The number of aromatic nitrogens is 2. The summed E-state index contributed by atoms with van der Waals surface area (Å²) < 4.78 is 2.20. The summed E-state index contributed by atoms with van der Waals surface area (Å²) in [5, 5.41) is 7.70. The Morgan fingerprint density at radius 3 is 3.19 bits per heavy atom. The first-order valence-corrected chi connectivity index (χ1v) is 6.55. The smallest absolute Gasteiger partial charge is 0.0951 e. The molecule has 3 nitrogen and oxygen atoms in total. The molecule has 0 radical (unpaired) electrons. The molecule has 0 amide bonds. The van der Waals surface area contributed by atoms with Gasteiger partial charge in [-0.1, -0.05) is 6.92 Å². The molecule has 0 saturated carbocycles. The van der Waals surface area contributed by atoms with E-state index in [1.807, 2.05) is 12.5 Å². The van der Waals surface area contributed by atoms with Crippen LogP contribution in [-0.2, 0) is 13.1 Å². The van der Waals surface area contributed by atoms with Gasteiger partial charge in [0, 0.05) is 19.3 Å². The number of nitrogens with one attached hydrogen (secondary N) is 1. The third kappa shape index (κ3) is 2.93. The van der Waals surface area contributed by atoms with E-state index in [9.17, 15) is 0 Å². The topological polar surface area (TPSA) is 29.9 Å². The van der Waals surface area contributed by atoms with Gasteiger partial charge in [-0.2, -0.15) is 11.3 Å². The maximum absolute atomic E-state index is 4.21. The van der Waals surface area contributed by atoms with Crippen molar-refractivity contribution in [3.63, 3.8) is 0 Å². The van der Waals surface area contributed by atoms with Crippen LogP contribution in [0.4, 0.5) is 0 Å². The number of thiophene rings is 1. The highest BCUT2D eigenvalue weighted by Crippen LogP contribution is 2.09. The van der Waals surface area contributed by atoms with Gasteiger partial charge in [-0.25, -0.2) is 4.98 Å². The van der Waals surface area contributed by atoms with Crippen molar-refractivity contribution >= 4 is 11.3 Å². The van der Waals surface area contributed by atoms with Crippen molar-refractivity contribution in [1.29, 1.82) is 0 Å². The van der Waals surface area contributed by atoms with Crippen molar-refractivity contribution in [1.82, 2.24) is 14.9 Å². The average Bonchev–Trinajstić information content (AvgIpc) is 2.92. The Morgan fingerprint density at radius 1 is 1.50 bits per heavy atom. The van der Waals surface area contributed by atoms with Gasteiger partial charge in [-0.15, -0.1) is 0 Å². The predicted molar refractivity (Wildman–Crippen MR) is 67.6 cm³/mol. The van der Waals surface area contributed by atoms with Crippen molar-refractivity contribution in [2.75, 3.05) is 6.54 Å². The van der Waals surface area contributed by atoms with Crippen LogP contribution < -0.4 is 5.32 Å². The van der Waals surface area contributed by atoms with E-state index in [-0.39, 0.29) is 0 Å². The highest BCUT2D eigenvalue weighted by atomic mass is 32.1. The molecule has 2 rings (SSSR count). The second-order valence-electron chi connectivity index (χ2n) is 3.82. The molecule has 2 heterocycles. The Morgan fingerprint density at radius 2 is 2.44 bits per heavy atom. The molecule has 0 atom stereocenters. The number of imidazole rings is 1. The molecular formula is C12H17N3S. The Kier molecular flexibility index (Phi) is 4.13. The maximum Gasteiger partial charge on any atom is 0.0951 e. The lowest BCUT2D eigenvalue weighted by atomic mass is 10.3. The van der Waals surface area contributed by atoms with Crippen LogP contribution in [0.2, 0.25) is 0 Å². The zero-order valence-electron chi connectivity index (χ0n) is 9.52. The molecule has 0 aliphatic carbocycles. The van der Waals surface area contributed by atoms with E-state index in [0.717, 1.165) is 19.6 Å². The minimum absolute atomic E-state index is 0.901. The molecule has 0 fully saturated rings. The second kappa shape index (κ2) is 5.82. The lowest BCUT2D eigenvalue weighted by molar-refractivity contribution is 0.630. The summed E-state index contributed by atoms with van der Waals surface area (Å²) >= 11 is 1.74. The Bertz CT molecular complexity index is 406. The summed E-state index contributed by atoms with van der Waals surface area (Å²) in [6, 6.07) is 2.16. The molecule has 2 aromatic rings. The lowest BCUT2D eigenvalue weighted by Gasteiger charge is -2.07. The van der Waals surface area contributed by atoms with Gasteiger partial charge in [0.15, 0.2) is 0 Å². The van der Waals surface area contributed by atoms with Crippen LogP contribution in [0.3, 0.4) is 0 Å². The summed E-state index contributed by atoms with van der Waals surface area (Å²) in [7, 11) is 0. The van der Waals surface area contributed by atoms with Crippen molar-refractivity contribution < 1.29 is 0 Å². The molecule has 4 heteroatoms. The van der Waals surface area contributed by atoms with E-state index < -0.39 is 0 Å². The molecule has 1 N–H and O–H groups in total. The van der Waals surface area contributed by atoms with Gasteiger partial charge in [0.05, 0.1) is 12.0 Å². The van der Waals surface area contributed by atoms with Crippen LogP contribution in [0.5, 0.6) is 0 Å². The van der Waals surface area contributed by atoms with Gasteiger partial charge in [-0.3, -0.25) is 0 Å². The van der Waals surface area contributed by atoms with E-state index in [1.54, 1.807) is 11.3 Å². The second-order valence-corrected chi connectivity index (χ2v) is 4.60. The van der Waals surface area contributed by atoms with E-state index in [2.05, 4.69) is 38.6 Å². The van der Waals surface area contributed by atoms with Crippen LogP contribution in [0.1, 0.15) is 24.6 Å². The summed E-state index contributed by atoms with van der Waals surface area (Å²) in [4.78, 5) is 4.21. The van der Waals surface area contributed by atoms with E-state index in [0.29, 0.717) is 0 Å². The number of hydrogen-bond donors (Lipinski definition) is 1. The van der Waals surface area contributed by atoms with E-state index in [1.165, 1.54) is 17.7 Å². The molecule has 86 valence electrons. The minimum atomic E-state index is 0.901. The Labute approximate surface area is 100 Å². The first-order valence-electron chi connectivity index (χ1n) is 5.61. The van der Waals surface area contributed by atoms with Crippen molar-refractivity contribution in [2.24, 2.45) is 0 Å². The molecule has 0 aliphatic rings. The van der Waals surface area contributed by atoms with Crippen molar-refractivity contribution in [3.05, 3.63) is 40.6 Å². The Hall–Kier alpha value is -1.13. The highest BCUT2D eigenvalue weighted by molar-refractivity contribution is 7.07. The maximum atomic E-state index is 4.21. The summed E-state index contributed by atoms with van der Waals surface area (Å²) in [6.45, 7) is 5.06. The predicted octanol–water partition coefficient (Wildman–Crippen LogP) is 2.49. The fourth-order valence-corrected chi connectivity index (χ4v) is 2.27. The van der Waals surface area contributed by atoms with E-state index in [4.69, 9.17) is 0 Å². The van der Waals surface area contributed by atoms with Crippen molar-refractivity contribution in [2.45, 2.75) is 26.4 Å². The van der Waals surface area contributed by atoms with Crippen LogP contribution in [0, 0.1) is 0 Å². The largest absolute Gasteiger partial charge is 0.329 e. The molecule has 0 saturated heterocycles. The number of nitrogens with zero attached hydrogens (tertiary/aromatic N) is 2. The van der Waals surface area contributed by atoms with Gasteiger partial charge >= 0.3 is 0 Å². The average molecular weight is 235 g/mol. The fraction of sp³-hybridized carbons (Fsp3) is 0.417. The highest BCUT2D eigenvalue weighted by Gasteiger charge is 2.02. The summed E-state index contributed by atoms with van der Waals surface area (Å²) in [5.74, 6) is 0. The fourth-order valence-electron chi connectivity index (χ4n) is 1.61. The summed E-state index contributed by atoms with van der Waals surface area (Å²) in [6.07, 6.45) is 5.01. The molecule has 16 heavy (non-hydrogen) atoms. The van der Waals surface area contributed by atoms with Gasteiger partial charge in [0.1, 0.15) is 0 Å². The van der Waals surface area contributed by atoms with Gasteiger partial charge < -0.3 is 9.88 Å². The normalized spacial score (nSPS) is 10.8. The molecule has 0 bridgehead atoms. The van der Waals surface area contributed by atoms with Crippen LogP contribution >= 0.6 is 11.3 Å². The molecule has 0 spiro atoms. The molecule has 0 unspecified atom stereocenters. The molecule has 0 aliphatic heterocycles. The lowest BCUT2D eigenvalue weighted by Crippen LogP contribution is -2.16. The van der Waals surface area contributed by atoms with Crippen LogP contribution in [-0.4, -0.2) is 16.1 Å². The standard InChI is InChI=1S/C12H17N3S/c1-2-4-13-6-12-7-14-10-15(12)8-11-3-5-16-9-11/h3,5,7,9-10,13H,2,4,6,8H2,1H3. The molecular weight excluding hydrogens is 218 g/mol. The van der Waals surface area contributed by atoms with Gasteiger partial charge in [0.25, 0.3) is 0 Å². The van der Waals surface area contributed by atoms with Gasteiger partial charge in [-0.05, 0) is 35.4 Å². The van der Waals surface area contributed by atoms with Gasteiger partial charge in [0.2, 0.25) is 0 Å². The number of rotatable bonds is 6. The van der Waals surface area contributed by atoms with Crippen LogP contribution in [0.15, 0.2) is 29.4 Å². The van der Waals surface area contributed by atoms with Crippen LogP contribution in [0.25, 0.3) is 0 Å². The quantitative estimate of drug-likeness (QED) is 0.780. The third-order valence-electron chi connectivity index (χ3n) is 2.46. The van der Waals surface area contributed by atoms with Crippen molar-refractivity contribution in [3.8, 4) is 0 Å². The molecule has 0 aromatic carbocycles. The monoisotopic (exact) mass is 235 g/mol. The SMILES string of the molecule is CCCNCc1cncn1Cc1ccsc1. The minimum Gasteiger partial charge on any atom is -0.329 e.